The van der Waals surface area contributed by atoms with E-state index in [4.69, 9.17) is 4.42 Å². The van der Waals surface area contributed by atoms with E-state index in [2.05, 4.69) is 0 Å². The third-order valence-corrected chi connectivity index (χ3v) is 4.68. The minimum atomic E-state index is -4.38. The highest BCUT2D eigenvalue weighted by molar-refractivity contribution is 7.09. The molecule has 0 atom stereocenters. The van der Waals surface area contributed by atoms with Crippen LogP contribution in [0.2, 0.25) is 0 Å². The SMILES string of the molecule is O=C(/C=C/c1ccc(C(F)(F)F)cc1)N(Cc1ccco1)Cc1cccs1. The first kappa shape index (κ1) is 19.0. The van der Waals surface area contributed by atoms with Gasteiger partial charge in [-0.15, -0.1) is 11.3 Å². The lowest BCUT2D eigenvalue weighted by Gasteiger charge is -2.19. The zero-order valence-electron chi connectivity index (χ0n) is 14.1. The number of hydrogen-bond acceptors (Lipinski definition) is 3. The van der Waals surface area contributed by atoms with Gasteiger partial charge >= 0.3 is 6.18 Å². The molecule has 1 aromatic carbocycles. The summed E-state index contributed by atoms with van der Waals surface area (Å²) < 4.78 is 43.2. The van der Waals surface area contributed by atoms with Gasteiger partial charge in [-0.05, 0) is 47.4 Å². The molecule has 7 heteroatoms. The Bertz CT molecular complexity index is 846. The molecular weight excluding hydrogens is 375 g/mol. The van der Waals surface area contributed by atoms with E-state index in [1.807, 2.05) is 17.5 Å². The second-order valence-electron chi connectivity index (χ2n) is 5.81. The Balaban J connectivity index is 1.72. The van der Waals surface area contributed by atoms with Crippen LogP contribution in [0.1, 0.15) is 21.8 Å². The summed E-state index contributed by atoms with van der Waals surface area (Å²) in [6.45, 7) is 0.732. The topological polar surface area (TPSA) is 33.5 Å². The Kier molecular flexibility index (Phi) is 5.81. The normalized spacial score (nSPS) is 11.8. The molecule has 3 aromatic rings. The second-order valence-corrected chi connectivity index (χ2v) is 6.84. The Morgan fingerprint density at radius 2 is 1.85 bits per heavy atom. The van der Waals surface area contributed by atoms with Crippen LogP contribution in [-0.4, -0.2) is 10.8 Å². The second kappa shape index (κ2) is 8.26. The Morgan fingerprint density at radius 3 is 2.44 bits per heavy atom. The fraction of sp³-hybridized carbons (Fsp3) is 0.150. The first-order valence-corrected chi connectivity index (χ1v) is 8.99. The van der Waals surface area contributed by atoms with Gasteiger partial charge in [0.05, 0.1) is 24.9 Å². The number of carbonyl (C=O) groups is 1. The summed E-state index contributed by atoms with van der Waals surface area (Å²) in [5.74, 6) is 0.405. The van der Waals surface area contributed by atoms with E-state index in [9.17, 15) is 18.0 Å². The molecule has 0 aliphatic rings. The van der Waals surface area contributed by atoms with E-state index in [1.54, 1.807) is 34.6 Å². The number of amides is 1. The van der Waals surface area contributed by atoms with Crippen molar-refractivity contribution in [2.24, 2.45) is 0 Å². The van der Waals surface area contributed by atoms with Crippen LogP contribution in [0.4, 0.5) is 13.2 Å². The van der Waals surface area contributed by atoms with Crippen molar-refractivity contribution in [3.8, 4) is 0 Å². The van der Waals surface area contributed by atoms with E-state index in [0.717, 1.165) is 17.0 Å². The first-order chi connectivity index (χ1) is 12.9. The van der Waals surface area contributed by atoms with Gasteiger partial charge in [0.15, 0.2) is 0 Å². The number of hydrogen-bond donors (Lipinski definition) is 0. The molecule has 0 aliphatic heterocycles. The van der Waals surface area contributed by atoms with Gasteiger partial charge in [-0.3, -0.25) is 4.79 Å². The minimum Gasteiger partial charge on any atom is -0.467 e. The zero-order valence-corrected chi connectivity index (χ0v) is 15.0. The van der Waals surface area contributed by atoms with Crippen molar-refractivity contribution in [3.63, 3.8) is 0 Å². The van der Waals surface area contributed by atoms with Crippen molar-refractivity contribution < 1.29 is 22.4 Å². The molecular formula is C20H16F3NO2S. The van der Waals surface area contributed by atoms with E-state index in [-0.39, 0.29) is 5.91 Å². The number of rotatable bonds is 6. The molecule has 0 aliphatic carbocycles. The zero-order chi connectivity index (χ0) is 19.3. The Morgan fingerprint density at radius 1 is 1.07 bits per heavy atom. The maximum atomic E-state index is 12.6. The molecule has 3 rings (SSSR count). The molecule has 2 heterocycles. The minimum absolute atomic E-state index is 0.250. The molecule has 1 amide bonds. The van der Waals surface area contributed by atoms with Gasteiger partial charge in [-0.2, -0.15) is 13.2 Å². The Labute approximate surface area is 158 Å². The van der Waals surface area contributed by atoms with Crippen LogP contribution in [-0.2, 0) is 24.1 Å². The lowest BCUT2D eigenvalue weighted by Crippen LogP contribution is -2.27. The molecule has 140 valence electrons. The van der Waals surface area contributed by atoms with Gasteiger partial charge in [-0.25, -0.2) is 0 Å². The summed E-state index contributed by atoms with van der Waals surface area (Å²) in [6, 6.07) is 12.0. The highest BCUT2D eigenvalue weighted by atomic mass is 32.1. The van der Waals surface area contributed by atoms with E-state index in [1.165, 1.54) is 24.3 Å². The number of thiophene rings is 1. The van der Waals surface area contributed by atoms with Crippen molar-refractivity contribution in [3.05, 3.63) is 88.0 Å². The monoisotopic (exact) mass is 391 g/mol. The van der Waals surface area contributed by atoms with Crippen LogP contribution in [0.3, 0.4) is 0 Å². The van der Waals surface area contributed by atoms with Crippen LogP contribution < -0.4 is 0 Å². The summed E-state index contributed by atoms with van der Waals surface area (Å²) in [7, 11) is 0. The third-order valence-electron chi connectivity index (χ3n) is 3.82. The van der Waals surface area contributed by atoms with Gasteiger partial charge in [0.25, 0.3) is 0 Å². The van der Waals surface area contributed by atoms with Crippen LogP contribution in [0.5, 0.6) is 0 Å². The molecule has 27 heavy (non-hydrogen) atoms. The predicted octanol–water partition coefficient (Wildman–Crippen LogP) is 5.60. The number of halogens is 3. The largest absolute Gasteiger partial charge is 0.467 e. The van der Waals surface area contributed by atoms with Crippen molar-refractivity contribution in [2.45, 2.75) is 19.3 Å². The summed E-state index contributed by atoms with van der Waals surface area (Å²) in [4.78, 5) is 15.3. The molecule has 2 aromatic heterocycles. The third kappa shape index (κ3) is 5.34. The van der Waals surface area contributed by atoms with Crippen LogP contribution >= 0.6 is 11.3 Å². The fourth-order valence-corrected chi connectivity index (χ4v) is 3.17. The van der Waals surface area contributed by atoms with Crippen molar-refractivity contribution in [1.29, 1.82) is 0 Å². The maximum absolute atomic E-state index is 12.6. The molecule has 0 saturated carbocycles. The molecule has 3 nitrogen and oxygen atoms in total. The van der Waals surface area contributed by atoms with Gasteiger partial charge in [-0.1, -0.05) is 18.2 Å². The fourth-order valence-electron chi connectivity index (χ4n) is 2.45. The summed E-state index contributed by atoms with van der Waals surface area (Å²) in [6.07, 6.45) is 0.0327. The average Bonchev–Trinajstić information content (AvgIpc) is 3.33. The van der Waals surface area contributed by atoms with Crippen LogP contribution in [0.25, 0.3) is 6.08 Å². The first-order valence-electron chi connectivity index (χ1n) is 8.11. The van der Waals surface area contributed by atoms with Crippen LogP contribution in [0.15, 0.2) is 70.7 Å². The van der Waals surface area contributed by atoms with Gasteiger partial charge in [0.1, 0.15) is 5.76 Å². The van der Waals surface area contributed by atoms with Crippen molar-refractivity contribution in [1.82, 2.24) is 4.90 Å². The molecule has 0 bridgehead atoms. The predicted molar refractivity (Wildman–Crippen MR) is 97.8 cm³/mol. The highest BCUT2D eigenvalue weighted by Crippen LogP contribution is 2.29. The summed E-state index contributed by atoms with van der Waals surface area (Å²) in [5, 5.41) is 1.93. The quantitative estimate of drug-likeness (QED) is 0.512. The standard InChI is InChI=1S/C20H16F3NO2S/c21-20(22,23)16-8-5-15(6-9-16)7-10-19(25)24(13-17-3-1-11-26-17)14-18-4-2-12-27-18/h1-12H,13-14H2/b10-7+. The Hall–Kier alpha value is -2.80. The number of furan rings is 1. The number of carbonyl (C=O) groups excluding carboxylic acids is 1. The summed E-state index contributed by atoms with van der Waals surface area (Å²) >= 11 is 1.54. The smallest absolute Gasteiger partial charge is 0.416 e. The number of nitrogens with zero attached hydrogens (tertiary/aromatic N) is 1. The van der Waals surface area contributed by atoms with Crippen molar-refractivity contribution in [2.75, 3.05) is 0 Å². The molecule has 0 spiro atoms. The van der Waals surface area contributed by atoms with Gasteiger partial charge < -0.3 is 9.32 Å². The average molecular weight is 391 g/mol. The molecule has 0 saturated heterocycles. The highest BCUT2D eigenvalue weighted by Gasteiger charge is 2.29. The molecule has 0 N–H and O–H groups in total. The van der Waals surface area contributed by atoms with Crippen LogP contribution in [0, 0.1) is 0 Å². The van der Waals surface area contributed by atoms with Gasteiger partial charge in [0, 0.05) is 11.0 Å². The van der Waals surface area contributed by atoms with Gasteiger partial charge in [0.2, 0.25) is 5.91 Å². The molecule has 0 radical (unpaired) electrons. The van der Waals surface area contributed by atoms with E-state index < -0.39 is 11.7 Å². The summed E-state index contributed by atoms with van der Waals surface area (Å²) in [5.41, 5.74) is -0.200. The number of benzene rings is 1. The number of alkyl halides is 3. The molecule has 0 unspecified atom stereocenters. The van der Waals surface area contributed by atoms with Crippen molar-refractivity contribution >= 4 is 23.3 Å². The van der Waals surface area contributed by atoms with E-state index in [0.29, 0.717) is 24.4 Å². The lowest BCUT2D eigenvalue weighted by atomic mass is 10.1. The molecule has 0 fully saturated rings. The maximum Gasteiger partial charge on any atom is 0.416 e. The lowest BCUT2D eigenvalue weighted by molar-refractivity contribution is -0.137. The van der Waals surface area contributed by atoms with E-state index >= 15 is 0 Å².